The topological polar surface area (TPSA) is 63.6 Å². The molecule has 4 rings (SSSR count). The molecule has 2 aromatic carbocycles. The molecule has 1 saturated heterocycles. The number of hydrogen-bond donors (Lipinski definition) is 1. The van der Waals surface area contributed by atoms with Gasteiger partial charge in [0, 0.05) is 31.0 Å². The van der Waals surface area contributed by atoms with E-state index >= 15 is 0 Å². The van der Waals surface area contributed by atoms with Crippen LogP contribution in [0.1, 0.15) is 20.7 Å². The minimum atomic E-state index is -0.375. The highest BCUT2D eigenvalue weighted by molar-refractivity contribution is 5.97. The molecular weight excluding hydrogens is 354 g/mol. The van der Waals surface area contributed by atoms with E-state index in [1.165, 1.54) is 7.11 Å². The zero-order valence-electron chi connectivity index (χ0n) is 15.5. The lowest BCUT2D eigenvalue weighted by atomic mass is 10.0. The summed E-state index contributed by atoms with van der Waals surface area (Å²) in [6.07, 6.45) is 3.81. The van der Waals surface area contributed by atoms with Crippen LogP contribution in [-0.4, -0.2) is 42.7 Å². The Hall–Kier alpha value is -3.54. The molecule has 0 unspecified atom stereocenters. The molecule has 0 bridgehead atoms. The fourth-order valence-corrected chi connectivity index (χ4v) is 3.44. The summed E-state index contributed by atoms with van der Waals surface area (Å²) in [6, 6.07) is 18.7. The third-order valence-electron chi connectivity index (χ3n) is 4.88. The number of rotatable bonds is 5. The van der Waals surface area contributed by atoms with Crippen LogP contribution >= 0.6 is 0 Å². The number of carbonyl (C=O) groups is 2. The van der Waals surface area contributed by atoms with E-state index in [0.29, 0.717) is 24.2 Å². The molecule has 1 fully saturated rings. The number of para-hydroxylation sites is 1. The minimum absolute atomic E-state index is 0.0620. The van der Waals surface area contributed by atoms with E-state index in [-0.39, 0.29) is 17.9 Å². The van der Waals surface area contributed by atoms with Crippen LogP contribution in [0, 0.1) is 0 Å². The normalized spacial score (nSPS) is 13.7. The summed E-state index contributed by atoms with van der Waals surface area (Å²) in [5.74, 6) is -0.445. The zero-order chi connectivity index (χ0) is 19.5. The Balaban J connectivity index is 1.53. The first-order chi connectivity index (χ1) is 13.7. The van der Waals surface area contributed by atoms with E-state index in [1.807, 2.05) is 59.4 Å². The van der Waals surface area contributed by atoms with Gasteiger partial charge in [-0.15, -0.1) is 0 Å². The maximum Gasteiger partial charge on any atom is 0.340 e. The van der Waals surface area contributed by atoms with Crippen LogP contribution in [-0.2, 0) is 4.74 Å². The minimum Gasteiger partial charge on any atom is -0.465 e. The highest BCUT2D eigenvalue weighted by Gasteiger charge is 2.31. The first-order valence-electron chi connectivity index (χ1n) is 9.13. The lowest BCUT2D eigenvalue weighted by Gasteiger charge is -2.42. The number of carbonyl (C=O) groups excluding carboxylic acids is 2. The van der Waals surface area contributed by atoms with Crippen LogP contribution in [0.4, 0.5) is 5.69 Å². The highest BCUT2D eigenvalue weighted by atomic mass is 16.5. The van der Waals surface area contributed by atoms with Crippen LogP contribution in [0.2, 0.25) is 0 Å². The number of methoxy groups -OCH3 is 1. The van der Waals surface area contributed by atoms with Gasteiger partial charge < -0.3 is 19.5 Å². The number of hydrogen-bond acceptors (Lipinski definition) is 4. The van der Waals surface area contributed by atoms with Crippen molar-refractivity contribution in [3.05, 3.63) is 84.2 Å². The molecule has 1 aromatic heterocycles. The number of ether oxygens (including phenoxy) is 1. The van der Waals surface area contributed by atoms with E-state index < -0.39 is 0 Å². The first kappa shape index (κ1) is 17.9. The predicted molar refractivity (Wildman–Crippen MR) is 107 cm³/mol. The van der Waals surface area contributed by atoms with Crippen molar-refractivity contribution in [3.63, 3.8) is 0 Å². The van der Waals surface area contributed by atoms with Crippen LogP contribution < -0.4 is 10.2 Å². The fourth-order valence-electron chi connectivity index (χ4n) is 3.44. The Morgan fingerprint density at radius 1 is 0.964 bits per heavy atom. The number of nitrogens with one attached hydrogen (secondary N) is 1. The number of benzene rings is 2. The second-order valence-electron chi connectivity index (χ2n) is 6.70. The molecule has 1 aliphatic rings. The summed E-state index contributed by atoms with van der Waals surface area (Å²) < 4.78 is 6.87. The molecule has 2 heterocycles. The Morgan fingerprint density at radius 2 is 1.68 bits per heavy atom. The maximum atomic E-state index is 12.3. The van der Waals surface area contributed by atoms with Gasteiger partial charge in [0.25, 0.3) is 5.91 Å². The van der Waals surface area contributed by atoms with Crippen molar-refractivity contribution < 1.29 is 14.3 Å². The number of esters is 1. The quantitative estimate of drug-likeness (QED) is 0.697. The molecule has 0 aliphatic carbocycles. The van der Waals surface area contributed by atoms with Crippen LogP contribution in [0.5, 0.6) is 0 Å². The smallest absolute Gasteiger partial charge is 0.340 e. The van der Waals surface area contributed by atoms with Crippen molar-refractivity contribution in [1.29, 1.82) is 0 Å². The average molecular weight is 375 g/mol. The van der Waals surface area contributed by atoms with E-state index in [1.54, 1.807) is 18.2 Å². The highest BCUT2D eigenvalue weighted by Crippen LogP contribution is 2.32. The Morgan fingerprint density at radius 3 is 2.36 bits per heavy atom. The largest absolute Gasteiger partial charge is 0.465 e. The number of amides is 1. The first-order valence-corrected chi connectivity index (χ1v) is 9.13. The fraction of sp³-hybridized carbons (Fsp3) is 0.182. The van der Waals surface area contributed by atoms with E-state index in [0.717, 1.165) is 11.4 Å². The average Bonchev–Trinajstić information content (AvgIpc) is 3.24. The van der Waals surface area contributed by atoms with Gasteiger partial charge in [-0.1, -0.05) is 24.3 Å². The maximum absolute atomic E-state index is 12.3. The Kier molecular flexibility index (Phi) is 4.85. The second-order valence-corrected chi connectivity index (χ2v) is 6.70. The summed E-state index contributed by atoms with van der Waals surface area (Å²) in [6.45, 7) is 1.36. The van der Waals surface area contributed by atoms with Crippen molar-refractivity contribution in [2.45, 2.75) is 6.04 Å². The molecule has 1 amide bonds. The molecule has 142 valence electrons. The summed E-state index contributed by atoms with van der Waals surface area (Å²) in [5, 5.41) is 3.06. The van der Waals surface area contributed by atoms with Crippen molar-refractivity contribution in [2.24, 2.45) is 0 Å². The molecule has 6 nitrogen and oxygen atoms in total. The monoisotopic (exact) mass is 375 g/mol. The van der Waals surface area contributed by atoms with Crippen LogP contribution in [0.15, 0.2) is 73.1 Å². The van der Waals surface area contributed by atoms with Crippen molar-refractivity contribution in [3.8, 4) is 5.69 Å². The van der Waals surface area contributed by atoms with Crippen LogP contribution in [0.25, 0.3) is 5.69 Å². The lowest BCUT2D eigenvalue weighted by molar-refractivity contribution is 0.0600. The number of aromatic nitrogens is 1. The SMILES string of the molecule is COC(=O)c1cccc(N2CC(NC(=O)c3ccccc3)C2)c1-n1cccc1. The Labute approximate surface area is 163 Å². The zero-order valence-corrected chi connectivity index (χ0v) is 15.5. The Bertz CT molecular complexity index is 978. The number of nitrogens with zero attached hydrogens (tertiary/aromatic N) is 2. The van der Waals surface area contributed by atoms with Gasteiger partial charge in [0.1, 0.15) is 0 Å². The summed E-state index contributed by atoms with van der Waals surface area (Å²) >= 11 is 0. The third kappa shape index (κ3) is 3.36. The van der Waals surface area contributed by atoms with Gasteiger partial charge in [-0.25, -0.2) is 4.79 Å². The summed E-state index contributed by atoms with van der Waals surface area (Å²) in [5.41, 5.74) is 2.88. The van der Waals surface area contributed by atoms with Gasteiger partial charge in [0.2, 0.25) is 0 Å². The van der Waals surface area contributed by atoms with Gasteiger partial charge in [0.15, 0.2) is 0 Å². The molecule has 0 atom stereocenters. The molecule has 0 radical (unpaired) electrons. The standard InChI is InChI=1S/C22H21N3O3/c1-28-22(27)18-10-7-11-19(20(18)24-12-5-6-13-24)25-14-17(15-25)23-21(26)16-8-3-2-4-9-16/h2-13,17H,14-15H2,1H3,(H,23,26). The van der Waals surface area contributed by atoms with E-state index in [2.05, 4.69) is 10.2 Å². The third-order valence-corrected chi connectivity index (χ3v) is 4.88. The molecule has 0 spiro atoms. The van der Waals surface area contributed by atoms with Crippen molar-refractivity contribution in [2.75, 3.05) is 25.1 Å². The predicted octanol–water partition coefficient (Wildman–Crippen LogP) is 2.88. The van der Waals surface area contributed by atoms with Crippen molar-refractivity contribution in [1.82, 2.24) is 9.88 Å². The van der Waals surface area contributed by atoms with E-state index in [4.69, 9.17) is 4.74 Å². The summed E-state index contributed by atoms with van der Waals surface area (Å²) in [7, 11) is 1.38. The van der Waals surface area contributed by atoms with Gasteiger partial charge in [0.05, 0.1) is 30.1 Å². The molecule has 1 N–H and O–H groups in total. The second kappa shape index (κ2) is 7.60. The lowest BCUT2D eigenvalue weighted by Crippen LogP contribution is -2.59. The van der Waals surface area contributed by atoms with Gasteiger partial charge in [-0.2, -0.15) is 0 Å². The van der Waals surface area contributed by atoms with E-state index in [9.17, 15) is 9.59 Å². The summed E-state index contributed by atoms with van der Waals surface area (Å²) in [4.78, 5) is 26.7. The molecule has 0 saturated carbocycles. The van der Waals surface area contributed by atoms with Crippen LogP contribution in [0.3, 0.4) is 0 Å². The molecule has 28 heavy (non-hydrogen) atoms. The number of anilines is 1. The molecule has 3 aromatic rings. The molecule has 6 heteroatoms. The molecular formula is C22H21N3O3. The van der Waals surface area contributed by atoms with Gasteiger partial charge in [-0.3, -0.25) is 4.79 Å². The van der Waals surface area contributed by atoms with Crippen molar-refractivity contribution >= 4 is 17.6 Å². The van der Waals surface area contributed by atoms with Gasteiger partial charge in [-0.05, 0) is 36.4 Å². The molecule has 1 aliphatic heterocycles. The van der Waals surface area contributed by atoms with Gasteiger partial charge >= 0.3 is 5.97 Å².